The highest BCUT2D eigenvalue weighted by Gasteiger charge is 2.30. The minimum atomic E-state index is -0.135. The van der Waals surface area contributed by atoms with E-state index in [0.717, 1.165) is 38.0 Å². The van der Waals surface area contributed by atoms with Crippen molar-refractivity contribution in [3.05, 3.63) is 64.3 Å². The monoisotopic (exact) mass is 471 g/mol. The van der Waals surface area contributed by atoms with Crippen LogP contribution in [0.3, 0.4) is 0 Å². The molecule has 180 valence electrons. The molecule has 0 saturated heterocycles. The summed E-state index contributed by atoms with van der Waals surface area (Å²) in [6.07, 6.45) is 9.20. The van der Waals surface area contributed by atoms with Crippen LogP contribution in [0.4, 0.5) is 5.69 Å². The van der Waals surface area contributed by atoms with E-state index >= 15 is 0 Å². The van der Waals surface area contributed by atoms with Crippen LogP contribution >= 0.6 is 0 Å². The van der Waals surface area contributed by atoms with Gasteiger partial charge >= 0.3 is 0 Å². The van der Waals surface area contributed by atoms with E-state index in [2.05, 4.69) is 31.2 Å². The average molecular weight is 472 g/mol. The first-order chi connectivity index (χ1) is 17.1. The molecule has 0 aliphatic heterocycles. The van der Waals surface area contributed by atoms with Crippen molar-refractivity contribution in [3.63, 3.8) is 0 Å². The summed E-state index contributed by atoms with van der Waals surface area (Å²) in [4.78, 5) is 25.7. The number of nitrogens with one attached hydrogen (secondary N) is 2. The van der Waals surface area contributed by atoms with Crippen LogP contribution in [0.1, 0.15) is 48.8 Å². The SMILES string of the molecule is C#CCOc1ccc(CN[C@@H]2CCC[C@H](N(CC)C(=O)c3nc4c(N=[N+]=[N-])cccc4[nH]3)C2)cc1. The van der Waals surface area contributed by atoms with Crippen LogP contribution in [0.15, 0.2) is 47.6 Å². The van der Waals surface area contributed by atoms with Crippen LogP contribution in [0.2, 0.25) is 0 Å². The number of azide groups is 1. The number of carbonyl (C=O) groups excluding carboxylic acids is 1. The van der Waals surface area contributed by atoms with Gasteiger partial charge in [-0.3, -0.25) is 4.79 Å². The number of H-pyrrole nitrogens is 1. The fourth-order valence-electron chi connectivity index (χ4n) is 4.67. The van der Waals surface area contributed by atoms with E-state index in [9.17, 15) is 4.79 Å². The third-order valence-electron chi connectivity index (χ3n) is 6.38. The van der Waals surface area contributed by atoms with Gasteiger partial charge in [0.05, 0.1) is 16.7 Å². The molecule has 3 aromatic rings. The van der Waals surface area contributed by atoms with E-state index < -0.39 is 0 Å². The fourth-order valence-corrected chi connectivity index (χ4v) is 4.67. The molecule has 1 aromatic heterocycles. The van der Waals surface area contributed by atoms with Gasteiger partial charge < -0.3 is 19.9 Å². The number of para-hydroxylation sites is 1. The Balaban J connectivity index is 1.40. The zero-order valence-electron chi connectivity index (χ0n) is 19.8. The van der Waals surface area contributed by atoms with Crippen molar-refractivity contribution in [2.45, 2.75) is 51.2 Å². The summed E-state index contributed by atoms with van der Waals surface area (Å²) in [6.45, 7) is 3.59. The maximum absolute atomic E-state index is 13.4. The number of carbonyl (C=O) groups is 1. The Morgan fingerprint density at radius 1 is 1.34 bits per heavy atom. The Morgan fingerprint density at radius 3 is 2.91 bits per heavy atom. The van der Waals surface area contributed by atoms with Crippen molar-refractivity contribution < 1.29 is 9.53 Å². The first-order valence-corrected chi connectivity index (χ1v) is 11.9. The summed E-state index contributed by atoms with van der Waals surface area (Å²) in [5.74, 6) is 3.36. The van der Waals surface area contributed by atoms with Gasteiger partial charge in [-0.2, -0.15) is 0 Å². The number of hydrogen-bond donors (Lipinski definition) is 2. The maximum Gasteiger partial charge on any atom is 0.289 e. The van der Waals surface area contributed by atoms with Gasteiger partial charge in [0.15, 0.2) is 5.82 Å². The standard InChI is InChI=1S/C26H29N7O2/c1-3-15-35-21-13-11-18(12-14-21)17-28-19-7-5-8-20(16-19)33(4-2)26(34)25-29-22-9-6-10-23(31-32-27)24(22)30-25/h1,6,9-14,19-20,28H,4-5,7-8,15-17H2,2H3,(H,29,30)/t19-,20+/m1/s1. The normalized spacial score (nSPS) is 17.4. The summed E-state index contributed by atoms with van der Waals surface area (Å²) in [5, 5.41) is 7.34. The maximum atomic E-state index is 13.4. The van der Waals surface area contributed by atoms with Crippen molar-refractivity contribution in [2.24, 2.45) is 5.11 Å². The Morgan fingerprint density at radius 2 is 2.17 bits per heavy atom. The number of aromatic amines is 1. The molecular weight excluding hydrogens is 442 g/mol. The molecule has 9 nitrogen and oxygen atoms in total. The molecule has 0 spiro atoms. The van der Waals surface area contributed by atoms with Crippen LogP contribution in [-0.2, 0) is 6.54 Å². The van der Waals surface area contributed by atoms with Gasteiger partial charge in [0.2, 0.25) is 0 Å². The Hall–Kier alpha value is -3.99. The number of hydrogen-bond acceptors (Lipinski definition) is 5. The van der Waals surface area contributed by atoms with Crippen molar-refractivity contribution in [2.75, 3.05) is 13.2 Å². The Bertz CT molecular complexity index is 1250. The van der Waals surface area contributed by atoms with Crippen molar-refractivity contribution in [1.82, 2.24) is 20.2 Å². The van der Waals surface area contributed by atoms with Gasteiger partial charge in [-0.1, -0.05) is 35.3 Å². The summed E-state index contributed by atoms with van der Waals surface area (Å²) in [7, 11) is 0. The van der Waals surface area contributed by atoms with Crippen LogP contribution in [-0.4, -0.2) is 46.0 Å². The van der Waals surface area contributed by atoms with Crippen LogP contribution < -0.4 is 10.1 Å². The molecule has 1 amide bonds. The number of amides is 1. The molecule has 1 heterocycles. The molecule has 1 aliphatic carbocycles. The lowest BCUT2D eigenvalue weighted by atomic mass is 9.89. The number of rotatable bonds is 9. The molecule has 0 unspecified atom stereocenters. The first-order valence-electron chi connectivity index (χ1n) is 11.9. The molecule has 2 N–H and O–H groups in total. The zero-order valence-corrected chi connectivity index (χ0v) is 19.8. The number of nitrogens with zero attached hydrogens (tertiary/aromatic N) is 5. The number of terminal acetylenes is 1. The van der Waals surface area contributed by atoms with Crippen molar-refractivity contribution in [3.8, 4) is 18.1 Å². The third-order valence-corrected chi connectivity index (χ3v) is 6.38. The van der Waals surface area contributed by atoms with E-state index in [4.69, 9.17) is 16.7 Å². The smallest absolute Gasteiger partial charge is 0.289 e. The van der Waals surface area contributed by atoms with Gasteiger partial charge in [0.1, 0.15) is 12.4 Å². The largest absolute Gasteiger partial charge is 0.481 e. The zero-order chi connectivity index (χ0) is 24.6. The summed E-state index contributed by atoms with van der Waals surface area (Å²) in [6, 6.07) is 13.6. The van der Waals surface area contributed by atoms with E-state index in [1.54, 1.807) is 12.1 Å². The quantitative estimate of drug-likeness (QED) is 0.196. The minimum Gasteiger partial charge on any atom is -0.481 e. The highest BCUT2D eigenvalue weighted by atomic mass is 16.5. The molecule has 2 aromatic carbocycles. The molecule has 0 bridgehead atoms. The summed E-state index contributed by atoms with van der Waals surface area (Å²) < 4.78 is 5.43. The second-order valence-electron chi connectivity index (χ2n) is 8.57. The predicted octanol–water partition coefficient (Wildman–Crippen LogP) is 5.08. The van der Waals surface area contributed by atoms with Crippen molar-refractivity contribution in [1.29, 1.82) is 0 Å². The third kappa shape index (κ3) is 5.75. The second-order valence-corrected chi connectivity index (χ2v) is 8.57. The highest BCUT2D eigenvalue weighted by Crippen LogP contribution is 2.27. The van der Waals surface area contributed by atoms with E-state index in [0.29, 0.717) is 29.3 Å². The molecule has 1 fully saturated rings. The second kappa shape index (κ2) is 11.4. The summed E-state index contributed by atoms with van der Waals surface area (Å²) in [5.41, 5.74) is 11.6. The molecule has 1 aliphatic rings. The average Bonchev–Trinajstić information content (AvgIpc) is 3.33. The molecular formula is C26H29N7O2. The topological polar surface area (TPSA) is 119 Å². The lowest BCUT2D eigenvalue weighted by Gasteiger charge is -2.37. The van der Waals surface area contributed by atoms with E-state index in [1.807, 2.05) is 42.2 Å². The van der Waals surface area contributed by atoms with E-state index in [-0.39, 0.29) is 24.4 Å². The van der Waals surface area contributed by atoms with Gasteiger partial charge in [0.25, 0.3) is 5.91 Å². The van der Waals surface area contributed by atoms with Gasteiger partial charge in [-0.05, 0) is 61.9 Å². The minimum absolute atomic E-state index is 0.128. The van der Waals surface area contributed by atoms with Crippen LogP contribution in [0.25, 0.3) is 21.5 Å². The number of fused-ring (bicyclic) bond motifs is 1. The highest BCUT2D eigenvalue weighted by molar-refractivity contribution is 5.96. The van der Waals surface area contributed by atoms with Gasteiger partial charge in [0, 0.05) is 30.1 Å². The van der Waals surface area contributed by atoms with Crippen molar-refractivity contribution >= 4 is 22.6 Å². The molecule has 9 heteroatoms. The van der Waals surface area contributed by atoms with Gasteiger partial charge in [-0.15, -0.1) is 6.42 Å². The number of benzene rings is 2. The number of aromatic nitrogens is 2. The predicted molar refractivity (Wildman–Crippen MR) is 135 cm³/mol. The number of ether oxygens (including phenoxy) is 1. The lowest BCUT2D eigenvalue weighted by molar-refractivity contribution is 0.0617. The molecule has 2 atom stereocenters. The van der Waals surface area contributed by atoms with Crippen LogP contribution in [0, 0.1) is 12.3 Å². The van der Waals surface area contributed by atoms with Crippen LogP contribution in [0.5, 0.6) is 5.75 Å². The van der Waals surface area contributed by atoms with Gasteiger partial charge in [-0.25, -0.2) is 4.98 Å². The Kier molecular flexibility index (Phi) is 7.88. The first kappa shape index (κ1) is 24.1. The lowest BCUT2D eigenvalue weighted by Crippen LogP contribution is -2.47. The Labute approximate surface area is 204 Å². The summed E-state index contributed by atoms with van der Waals surface area (Å²) >= 11 is 0. The van der Waals surface area contributed by atoms with E-state index in [1.165, 1.54) is 5.56 Å². The molecule has 4 rings (SSSR count). The molecule has 35 heavy (non-hydrogen) atoms. The fraction of sp³-hybridized carbons (Fsp3) is 0.385. The number of imidazole rings is 1. The molecule has 0 radical (unpaired) electrons. The molecule has 1 saturated carbocycles.